The van der Waals surface area contributed by atoms with Crippen molar-refractivity contribution in [3.8, 4) is 0 Å². The van der Waals surface area contributed by atoms with Crippen molar-refractivity contribution in [3.63, 3.8) is 0 Å². The Balaban J connectivity index is 1.48. The average Bonchev–Trinajstić information content (AvgIpc) is 3.25. The number of carbonyl (C=O) groups excluding carboxylic acids is 2. The van der Waals surface area contributed by atoms with Gasteiger partial charge in [-0.05, 0) is 24.3 Å². The number of nitrogens with zero attached hydrogens (tertiary/aromatic N) is 3. The average molecular weight is 387 g/mol. The van der Waals surface area contributed by atoms with Gasteiger partial charge < -0.3 is 15.0 Å². The number of ether oxygens (including phenoxy) is 1. The summed E-state index contributed by atoms with van der Waals surface area (Å²) in [6, 6.07) is 10.5. The van der Waals surface area contributed by atoms with Crippen LogP contribution in [0.4, 0.5) is 0 Å². The molecule has 2 aliphatic rings. The van der Waals surface area contributed by atoms with Crippen LogP contribution in [0.1, 0.15) is 16.2 Å². The van der Waals surface area contributed by atoms with Gasteiger partial charge >= 0.3 is 0 Å². The number of amides is 2. The summed E-state index contributed by atoms with van der Waals surface area (Å²) in [4.78, 5) is 35.8. The molecular weight excluding hydrogens is 368 g/mol. The first kappa shape index (κ1) is 17.9. The smallest absolute Gasteiger partial charge is 0.272 e. The molecule has 140 valence electrons. The predicted octanol–water partition coefficient (Wildman–Crippen LogP) is 1.53. The summed E-state index contributed by atoms with van der Waals surface area (Å²) >= 11 is 5.90. The molecule has 8 heteroatoms. The highest BCUT2D eigenvalue weighted by Crippen LogP contribution is 2.42. The molecule has 1 N–H and O–H groups in total. The minimum Gasteiger partial charge on any atom is -0.380 e. The van der Waals surface area contributed by atoms with Gasteiger partial charge in [-0.3, -0.25) is 14.6 Å². The minimum atomic E-state index is -0.733. The van der Waals surface area contributed by atoms with E-state index in [1.54, 1.807) is 29.3 Å². The van der Waals surface area contributed by atoms with Crippen LogP contribution >= 0.6 is 11.6 Å². The van der Waals surface area contributed by atoms with Gasteiger partial charge in [-0.25, -0.2) is 4.98 Å². The number of carbonyl (C=O) groups is 2. The number of hydrogen-bond donors (Lipinski definition) is 1. The molecule has 7 nitrogen and oxygen atoms in total. The maximum Gasteiger partial charge on any atom is 0.272 e. The number of nitrogens with one attached hydrogen (secondary N) is 1. The van der Waals surface area contributed by atoms with E-state index in [4.69, 9.17) is 16.3 Å². The van der Waals surface area contributed by atoms with Gasteiger partial charge in [-0.1, -0.05) is 23.7 Å². The number of pyridine rings is 2. The lowest BCUT2D eigenvalue weighted by Gasteiger charge is -2.25. The van der Waals surface area contributed by atoms with Crippen molar-refractivity contribution in [2.75, 3.05) is 26.3 Å². The van der Waals surface area contributed by atoms with E-state index in [1.807, 2.05) is 18.2 Å². The Morgan fingerprint density at radius 1 is 1.30 bits per heavy atom. The van der Waals surface area contributed by atoms with Crippen LogP contribution in [-0.4, -0.2) is 53.0 Å². The zero-order valence-corrected chi connectivity index (χ0v) is 15.4. The predicted molar refractivity (Wildman–Crippen MR) is 98.0 cm³/mol. The fraction of sp³-hybridized carbons (Fsp3) is 0.368. The summed E-state index contributed by atoms with van der Waals surface area (Å²) in [5.41, 5.74) is 0.336. The number of hydrogen-bond acceptors (Lipinski definition) is 5. The lowest BCUT2D eigenvalue weighted by atomic mass is 9.80. The summed E-state index contributed by atoms with van der Waals surface area (Å²) in [5, 5.41) is 3.23. The normalized spacial score (nSPS) is 23.9. The first-order valence-electron chi connectivity index (χ1n) is 8.76. The van der Waals surface area contributed by atoms with E-state index < -0.39 is 5.41 Å². The summed E-state index contributed by atoms with van der Waals surface area (Å²) in [5.74, 6) is -0.363. The second-order valence-corrected chi connectivity index (χ2v) is 7.29. The van der Waals surface area contributed by atoms with Crippen LogP contribution in [0.5, 0.6) is 0 Å². The van der Waals surface area contributed by atoms with Crippen LogP contribution in [-0.2, 0) is 16.1 Å². The quantitative estimate of drug-likeness (QED) is 0.806. The number of rotatable bonds is 4. The van der Waals surface area contributed by atoms with E-state index in [0.29, 0.717) is 32.8 Å². The molecule has 4 rings (SSSR count). The van der Waals surface area contributed by atoms with Crippen molar-refractivity contribution in [1.82, 2.24) is 20.2 Å². The minimum absolute atomic E-state index is 0.0376. The molecule has 0 aromatic carbocycles. The molecule has 2 aromatic rings. The molecule has 0 spiro atoms. The van der Waals surface area contributed by atoms with Crippen LogP contribution in [0.3, 0.4) is 0 Å². The van der Waals surface area contributed by atoms with E-state index in [2.05, 4.69) is 15.3 Å². The highest BCUT2D eigenvalue weighted by Gasteiger charge is 2.56. The van der Waals surface area contributed by atoms with Gasteiger partial charge in [-0.2, -0.15) is 0 Å². The topological polar surface area (TPSA) is 84.4 Å². The van der Waals surface area contributed by atoms with Crippen molar-refractivity contribution in [2.24, 2.45) is 11.3 Å². The van der Waals surface area contributed by atoms with Gasteiger partial charge in [0, 0.05) is 25.2 Å². The molecule has 0 radical (unpaired) electrons. The van der Waals surface area contributed by atoms with Crippen molar-refractivity contribution in [3.05, 3.63) is 59.1 Å². The van der Waals surface area contributed by atoms with Gasteiger partial charge in [0.2, 0.25) is 5.91 Å². The summed E-state index contributed by atoms with van der Waals surface area (Å²) in [6.45, 7) is 1.88. The Morgan fingerprint density at radius 2 is 2.19 bits per heavy atom. The third-order valence-electron chi connectivity index (χ3n) is 5.20. The SMILES string of the molecule is O=C(c1cccc(Cl)n1)N1C[C@@H]2COC[C@]2(C(=O)NCc2ccccn2)C1. The molecule has 2 saturated heterocycles. The molecule has 2 aliphatic heterocycles. The summed E-state index contributed by atoms with van der Waals surface area (Å²) < 4.78 is 5.59. The summed E-state index contributed by atoms with van der Waals surface area (Å²) in [6.07, 6.45) is 1.69. The Kier molecular flexibility index (Phi) is 4.80. The molecule has 0 bridgehead atoms. The highest BCUT2D eigenvalue weighted by molar-refractivity contribution is 6.29. The first-order chi connectivity index (χ1) is 13.1. The molecule has 0 saturated carbocycles. The van der Waals surface area contributed by atoms with Crippen LogP contribution in [0.25, 0.3) is 0 Å². The van der Waals surface area contributed by atoms with Crippen LogP contribution in [0, 0.1) is 11.3 Å². The van der Waals surface area contributed by atoms with Gasteiger partial charge in [0.25, 0.3) is 5.91 Å². The molecule has 2 atom stereocenters. The van der Waals surface area contributed by atoms with E-state index in [9.17, 15) is 9.59 Å². The second-order valence-electron chi connectivity index (χ2n) is 6.90. The molecule has 27 heavy (non-hydrogen) atoms. The monoisotopic (exact) mass is 386 g/mol. The zero-order valence-electron chi connectivity index (χ0n) is 14.6. The second kappa shape index (κ2) is 7.25. The number of likely N-dealkylation sites (tertiary alicyclic amines) is 1. The van der Waals surface area contributed by atoms with Gasteiger partial charge in [0.05, 0.1) is 30.9 Å². The van der Waals surface area contributed by atoms with Gasteiger partial charge in [-0.15, -0.1) is 0 Å². The fourth-order valence-corrected chi connectivity index (χ4v) is 3.91. The Morgan fingerprint density at radius 3 is 2.96 bits per heavy atom. The van der Waals surface area contributed by atoms with Gasteiger partial charge in [0.1, 0.15) is 10.8 Å². The molecule has 2 aromatic heterocycles. The lowest BCUT2D eigenvalue weighted by molar-refractivity contribution is -0.131. The zero-order chi connectivity index (χ0) is 18.9. The third kappa shape index (κ3) is 3.40. The van der Waals surface area contributed by atoms with Crippen LogP contribution < -0.4 is 5.32 Å². The van der Waals surface area contributed by atoms with E-state index >= 15 is 0 Å². The third-order valence-corrected chi connectivity index (χ3v) is 5.41. The van der Waals surface area contributed by atoms with E-state index in [1.165, 1.54) is 0 Å². The highest BCUT2D eigenvalue weighted by atomic mass is 35.5. The molecule has 2 amide bonds. The number of halogens is 1. The Bertz CT molecular complexity index is 863. The maximum absolute atomic E-state index is 13.0. The molecular formula is C19H19ClN4O3. The summed E-state index contributed by atoms with van der Waals surface area (Å²) in [7, 11) is 0. The Hall–Kier alpha value is -2.51. The maximum atomic E-state index is 13.0. The largest absolute Gasteiger partial charge is 0.380 e. The van der Waals surface area contributed by atoms with E-state index in [0.717, 1.165) is 5.69 Å². The molecule has 4 heterocycles. The van der Waals surface area contributed by atoms with E-state index in [-0.39, 0.29) is 28.6 Å². The van der Waals surface area contributed by atoms with Crippen molar-refractivity contribution in [1.29, 1.82) is 0 Å². The van der Waals surface area contributed by atoms with Crippen molar-refractivity contribution >= 4 is 23.4 Å². The number of fused-ring (bicyclic) bond motifs is 1. The van der Waals surface area contributed by atoms with Crippen molar-refractivity contribution in [2.45, 2.75) is 6.54 Å². The lowest BCUT2D eigenvalue weighted by Crippen LogP contribution is -2.47. The molecule has 0 aliphatic carbocycles. The van der Waals surface area contributed by atoms with Crippen molar-refractivity contribution < 1.29 is 14.3 Å². The van der Waals surface area contributed by atoms with Crippen LogP contribution in [0.15, 0.2) is 42.6 Å². The molecule has 0 unspecified atom stereocenters. The Labute approximate surface area is 161 Å². The molecule has 2 fully saturated rings. The fourth-order valence-electron chi connectivity index (χ4n) is 3.75. The first-order valence-corrected chi connectivity index (χ1v) is 9.14. The number of aromatic nitrogens is 2. The van der Waals surface area contributed by atoms with Gasteiger partial charge in [0.15, 0.2) is 0 Å². The standard InChI is InChI=1S/C19H19ClN4O3/c20-16-6-3-5-15(23-16)17(25)24-9-13-10-27-12-19(13,11-24)18(26)22-8-14-4-1-2-7-21-14/h1-7,13H,8-12H2,(H,22,26)/t13-,19-/m1/s1. The van der Waals surface area contributed by atoms with Crippen LogP contribution in [0.2, 0.25) is 5.15 Å².